The Morgan fingerprint density at radius 1 is 0.978 bits per heavy atom. The predicted molar refractivity (Wildman–Crippen MR) is 179 cm³/mol. The molecule has 10 nitrogen and oxygen atoms in total. The van der Waals surface area contributed by atoms with Crippen LogP contribution in [0.3, 0.4) is 0 Å². The van der Waals surface area contributed by atoms with E-state index in [1.165, 1.54) is 26.2 Å². The van der Waals surface area contributed by atoms with Gasteiger partial charge in [0.15, 0.2) is 0 Å². The van der Waals surface area contributed by atoms with Gasteiger partial charge in [-0.1, -0.05) is 47.5 Å². The number of nitriles is 1. The number of sulfonamides is 1. The third kappa shape index (κ3) is 7.01. The average Bonchev–Trinajstić information content (AvgIpc) is 3.45. The van der Waals surface area contributed by atoms with Crippen molar-refractivity contribution in [2.45, 2.75) is 30.3 Å². The van der Waals surface area contributed by atoms with Crippen molar-refractivity contribution in [3.8, 4) is 11.8 Å². The molecule has 0 saturated carbocycles. The summed E-state index contributed by atoms with van der Waals surface area (Å²) in [5.74, 6) is 0.709. The number of hydrogen-bond acceptors (Lipinski definition) is 7. The predicted octanol–water partition coefficient (Wildman–Crippen LogP) is 5.84. The molecule has 0 N–H and O–H groups in total. The Hall–Kier alpha value is -3.66. The third-order valence-electron chi connectivity index (χ3n) is 8.15. The largest absolute Gasteiger partial charge is 0.493 e. The number of amidine groups is 1. The number of urea groups is 1. The van der Waals surface area contributed by atoms with E-state index >= 15 is 0 Å². The Morgan fingerprint density at radius 3 is 2.15 bits per heavy atom. The van der Waals surface area contributed by atoms with Crippen molar-refractivity contribution >= 4 is 45.1 Å². The van der Waals surface area contributed by atoms with Crippen LogP contribution in [0.5, 0.6) is 5.75 Å². The van der Waals surface area contributed by atoms with E-state index in [2.05, 4.69) is 11.0 Å². The number of benzene rings is 3. The van der Waals surface area contributed by atoms with E-state index in [0.29, 0.717) is 72.9 Å². The molecule has 2 aliphatic heterocycles. The van der Waals surface area contributed by atoms with Crippen molar-refractivity contribution in [2.75, 3.05) is 53.4 Å². The number of aliphatic imine (C=N–C) groups is 1. The lowest BCUT2D eigenvalue weighted by molar-refractivity contribution is 0.120. The van der Waals surface area contributed by atoms with Gasteiger partial charge < -0.3 is 9.64 Å². The molecule has 3 aromatic rings. The van der Waals surface area contributed by atoms with Crippen LogP contribution in [0.25, 0.3) is 0 Å². The topological polar surface area (TPSA) is 110 Å². The lowest BCUT2D eigenvalue weighted by atomic mass is 9.93. The van der Waals surface area contributed by atoms with Crippen LogP contribution in [0.2, 0.25) is 10.0 Å². The summed E-state index contributed by atoms with van der Waals surface area (Å²) < 4.78 is 33.7. The summed E-state index contributed by atoms with van der Waals surface area (Å²) in [6.45, 7) is 4.97. The molecule has 5 rings (SSSR count). The molecule has 242 valence electrons. The Labute approximate surface area is 280 Å². The van der Waals surface area contributed by atoms with Crippen LogP contribution in [0.15, 0.2) is 76.6 Å². The molecule has 0 aliphatic carbocycles. The normalized spacial score (nSPS) is 18.8. The smallest absolute Gasteiger partial charge is 0.326 e. The first-order valence-electron chi connectivity index (χ1n) is 15.0. The number of nitrogens with zero attached hydrogens (tertiary/aromatic N) is 6. The minimum atomic E-state index is -3.82. The summed E-state index contributed by atoms with van der Waals surface area (Å²) in [4.78, 5) is 25.6. The van der Waals surface area contributed by atoms with Crippen LogP contribution >= 0.6 is 23.2 Å². The van der Waals surface area contributed by atoms with E-state index in [4.69, 9.17) is 38.2 Å². The van der Waals surface area contributed by atoms with E-state index in [1.54, 1.807) is 40.1 Å². The molecule has 46 heavy (non-hydrogen) atoms. The number of halogens is 2. The highest BCUT2D eigenvalue weighted by atomic mass is 35.5. The van der Waals surface area contributed by atoms with Crippen LogP contribution < -0.4 is 4.74 Å². The fourth-order valence-electron chi connectivity index (χ4n) is 5.71. The van der Waals surface area contributed by atoms with Crippen molar-refractivity contribution in [3.05, 3.63) is 93.5 Å². The van der Waals surface area contributed by atoms with Crippen LogP contribution in [0, 0.1) is 11.3 Å². The molecule has 1 saturated heterocycles. The van der Waals surface area contributed by atoms with Crippen molar-refractivity contribution in [3.63, 3.8) is 0 Å². The van der Waals surface area contributed by atoms with Gasteiger partial charge in [-0.2, -0.15) is 5.26 Å². The first kappa shape index (κ1) is 33.7. The highest BCUT2D eigenvalue weighted by Crippen LogP contribution is 2.45. The monoisotopic (exact) mass is 682 g/mol. The Morgan fingerprint density at radius 2 is 1.59 bits per heavy atom. The van der Waals surface area contributed by atoms with Gasteiger partial charge in [0.25, 0.3) is 0 Å². The summed E-state index contributed by atoms with van der Waals surface area (Å²) in [6.07, 6.45) is 0.421. The summed E-state index contributed by atoms with van der Waals surface area (Å²) in [7, 11) is -0.882. The van der Waals surface area contributed by atoms with E-state index in [1.807, 2.05) is 31.2 Å². The van der Waals surface area contributed by atoms with Gasteiger partial charge in [-0.15, -0.1) is 0 Å². The number of hydrogen-bond donors (Lipinski definition) is 0. The summed E-state index contributed by atoms with van der Waals surface area (Å²) in [5.41, 5.74) is 2.02. The fraction of sp³-hybridized carbons (Fsp3) is 0.364. The number of carbonyl (C=O) groups is 1. The molecule has 3 aromatic carbocycles. The maximum Gasteiger partial charge on any atom is 0.326 e. The molecule has 13 heteroatoms. The highest BCUT2D eigenvalue weighted by Gasteiger charge is 2.45. The second-order valence-electron chi connectivity index (χ2n) is 11.2. The first-order chi connectivity index (χ1) is 22.0. The minimum Gasteiger partial charge on any atom is -0.493 e. The lowest BCUT2D eigenvalue weighted by Gasteiger charge is -2.39. The van der Waals surface area contributed by atoms with Gasteiger partial charge in [0.2, 0.25) is 10.0 Å². The Bertz CT molecular complexity index is 1740. The standard InChI is InChI=1S/C33H36Cl2N6O4S/c1-4-45-29-15-14-27(46(43,44)38(2)3)22-28(29)32-37-30(23-6-10-25(34)11-7-23)31(24-8-12-26(35)13-9-24)41(32)33(42)40-20-18-39(19-21-40)17-5-16-36/h6-15,22,30-31H,4-5,17-21H2,1-3H3/t30-,31?/m1/s1. The second kappa shape index (κ2) is 14.4. The Balaban J connectivity index is 1.68. The van der Waals surface area contributed by atoms with E-state index in [0.717, 1.165) is 15.4 Å². The van der Waals surface area contributed by atoms with Gasteiger partial charge in [0.05, 0.1) is 29.2 Å². The van der Waals surface area contributed by atoms with Crippen LogP contribution in [0.1, 0.15) is 42.1 Å². The van der Waals surface area contributed by atoms with Gasteiger partial charge in [0, 0.05) is 63.3 Å². The number of ether oxygens (including phenoxy) is 1. The quantitative estimate of drug-likeness (QED) is 0.281. The summed E-state index contributed by atoms with van der Waals surface area (Å²) in [5, 5.41) is 10.2. The molecule has 2 aliphatic rings. The number of rotatable bonds is 9. The fourth-order valence-corrected chi connectivity index (χ4v) is 6.89. The molecule has 0 aromatic heterocycles. The average molecular weight is 684 g/mol. The van der Waals surface area contributed by atoms with Crippen LogP contribution in [-0.4, -0.2) is 92.7 Å². The van der Waals surface area contributed by atoms with Gasteiger partial charge in [-0.25, -0.2) is 17.5 Å². The van der Waals surface area contributed by atoms with Gasteiger partial charge >= 0.3 is 6.03 Å². The highest BCUT2D eigenvalue weighted by molar-refractivity contribution is 7.89. The molecule has 1 fully saturated rings. The first-order valence-corrected chi connectivity index (χ1v) is 17.2. The molecule has 1 unspecified atom stereocenters. The molecule has 0 bridgehead atoms. The molecule has 2 amide bonds. The number of amides is 2. The maximum absolute atomic E-state index is 14.7. The molecular formula is C33H36Cl2N6O4S. The van der Waals surface area contributed by atoms with Crippen molar-refractivity contribution in [1.82, 2.24) is 19.0 Å². The lowest BCUT2D eigenvalue weighted by Crippen LogP contribution is -2.54. The molecular weight excluding hydrogens is 647 g/mol. The van der Waals surface area contributed by atoms with Crippen LogP contribution in [-0.2, 0) is 10.0 Å². The zero-order valence-electron chi connectivity index (χ0n) is 25.9. The third-order valence-corrected chi connectivity index (χ3v) is 10.5. The van der Waals surface area contributed by atoms with E-state index < -0.39 is 22.1 Å². The van der Waals surface area contributed by atoms with Gasteiger partial charge in [-0.05, 0) is 60.5 Å². The van der Waals surface area contributed by atoms with Gasteiger partial charge in [-0.3, -0.25) is 14.8 Å². The molecule has 0 spiro atoms. The zero-order chi connectivity index (χ0) is 33.0. The van der Waals surface area contributed by atoms with Crippen molar-refractivity contribution in [1.29, 1.82) is 5.26 Å². The van der Waals surface area contributed by atoms with Gasteiger partial charge in [0.1, 0.15) is 17.6 Å². The molecule has 2 heterocycles. The van der Waals surface area contributed by atoms with Crippen molar-refractivity contribution in [2.24, 2.45) is 4.99 Å². The molecule has 0 radical (unpaired) electrons. The minimum absolute atomic E-state index is 0.0511. The Kier molecular flexibility index (Phi) is 10.6. The second-order valence-corrected chi connectivity index (χ2v) is 14.2. The summed E-state index contributed by atoms with van der Waals surface area (Å²) >= 11 is 12.5. The van der Waals surface area contributed by atoms with E-state index in [9.17, 15) is 13.2 Å². The summed E-state index contributed by atoms with van der Waals surface area (Å²) in [6, 6.07) is 20.1. The van der Waals surface area contributed by atoms with E-state index in [-0.39, 0.29) is 10.9 Å². The van der Waals surface area contributed by atoms with Crippen LogP contribution in [0.4, 0.5) is 4.79 Å². The number of piperazine rings is 1. The maximum atomic E-state index is 14.7. The molecule has 2 atom stereocenters. The van der Waals surface area contributed by atoms with Crippen molar-refractivity contribution < 1.29 is 17.9 Å². The SMILES string of the molecule is CCOc1ccc(S(=O)(=O)N(C)C)cc1C1=N[C@H](c2ccc(Cl)cc2)C(c2ccc(Cl)cc2)N1C(=O)N1CCN(CCC#N)CC1. The zero-order valence-corrected chi connectivity index (χ0v) is 28.3. The number of carbonyl (C=O) groups excluding carboxylic acids is 1.